The number of aromatic nitrogens is 3. The number of aryl methyl sites for hydroxylation is 1. The number of likely N-dealkylation sites (tertiary alicyclic amines) is 1. The van der Waals surface area contributed by atoms with E-state index in [1.54, 1.807) is 12.1 Å². The minimum Gasteiger partial charge on any atom is -0.364 e. The first-order valence-electron chi connectivity index (χ1n) is 11.9. The summed E-state index contributed by atoms with van der Waals surface area (Å²) >= 11 is 6.32. The van der Waals surface area contributed by atoms with Gasteiger partial charge in [0.2, 0.25) is 16.0 Å². The molecule has 3 aromatic rings. The average Bonchev–Trinajstić information content (AvgIpc) is 2.89. The molecule has 12 heteroatoms. The van der Waals surface area contributed by atoms with Gasteiger partial charge in [-0.25, -0.2) is 18.4 Å². The van der Waals surface area contributed by atoms with Gasteiger partial charge in [0.15, 0.2) is 5.82 Å². The zero-order chi connectivity index (χ0) is 26.6. The second-order valence-corrected chi connectivity index (χ2v) is 11.4. The van der Waals surface area contributed by atoms with Crippen LogP contribution < -0.4 is 14.9 Å². The van der Waals surface area contributed by atoms with E-state index in [4.69, 9.17) is 11.6 Å². The maximum atomic E-state index is 12.8. The fourth-order valence-electron chi connectivity index (χ4n) is 4.08. The molecule has 1 aromatic carbocycles. The summed E-state index contributed by atoms with van der Waals surface area (Å²) < 4.78 is 25.1. The van der Waals surface area contributed by atoms with Crippen molar-refractivity contribution in [1.29, 1.82) is 0 Å². The lowest BCUT2D eigenvalue weighted by atomic mass is 10.1. The zero-order valence-electron chi connectivity index (χ0n) is 21.0. The summed E-state index contributed by atoms with van der Waals surface area (Å²) in [5.41, 5.74) is 2.98. The second kappa shape index (κ2) is 11.3. The van der Waals surface area contributed by atoms with Crippen LogP contribution in [0.25, 0.3) is 0 Å². The van der Waals surface area contributed by atoms with Gasteiger partial charge in [0.1, 0.15) is 10.8 Å². The third-order valence-electron chi connectivity index (χ3n) is 6.22. The Kier molecular flexibility index (Phi) is 8.13. The lowest BCUT2D eigenvalue weighted by Crippen LogP contribution is -2.35. The molecule has 1 saturated heterocycles. The molecule has 1 aliphatic heterocycles. The van der Waals surface area contributed by atoms with Crippen molar-refractivity contribution in [2.45, 2.75) is 32.7 Å². The van der Waals surface area contributed by atoms with Crippen LogP contribution in [0.5, 0.6) is 0 Å². The van der Waals surface area contributed by atoms with E-state index in [1.165, 1.54) is 25.9 Å². The van der Waals surface area contributed by atoms with E-state index in [9.17, 15) is 13.2 Å². The Morgan fingerprint density at radius 1 is 1.16 bits per heavy atom. The molecule has 3 heterocycles. The second-order valence-electron chi connectivity index (χ2n) is 8.97. The van der Waals surface area contributed by atoms with Gasteiger partial charge in [0.25, 0.3) is 5.91 Å². The van der Waals surface area contributed by atoms with Crippen LogP contribution in [-0.4, -0.2) is 60.6 Å². The van der Waals surface area contributed by atoms with Gasteiger partial charge in [-0.15, -0.1) is 0 Å². The Hall–Kier alpha value is -3.44. The van der Waals surface area contributed by atoms with E-state index in [-0.39, 0.29) is 12.5 Å². The van der Waals surface area contributed by atoms with Crippen molar-refractivity contribution in [2.24, 2.45) is 0 Å². The highest BCUT2D eigenvalue weighted by molar-refractivity contribution is 7.92. The number of halogens is 1. The molecule has 0 atom stereocenters. The molecule has 37 heavy (non-hydrogen) atoms. The minimum atomic E-state index is -3.47. The number of anilines is 4. The van der Waals surface area contributed by atoms with Crippen molar-refractivity contribution in [3.8, 4) is 0 Å². The van der Waals surface area contributed by atoms with Gasteiger partial charge >= 0.3 is 0 Å². The van der Waals surface area contributed by atoms with E-state index >= 15 is 0 Å². The maximum absolute atomic E-state index is 12.8. The molecule has 0 aliphatic carbocycles. The number of sulfonamides is 1. The molecule has 0 unspecified atom stereocenters. The van der Waals surface area contributed by atoms with Gasteiger partial charge in [-0.1, -0.05) is 17.7 Å². The van der Waals surface area contributed by atoms with Gasteiger partial charge < -0.3 is 15.5 Å². The van der Waals surface area contributed by atoms with Crippen molar-refractivity contribution >= 4 is 50.8 Å². The number of rotatable bonds is 8. The van der Waals surface area contributed by atoms with Crippen molar-refractivity contribution < 1.29 is 13.2 Å². The van der Waals surface area contributed by atoms with Crippen molar-refractivity contribution in [1.82, 2.24) is 19.9 Å². The molecular weight excluding hydrogens is 514 g/mol. The summed E-state index contributed by atoms with van der Waals surface area (Å²) in [5.74, 6) is 1.08. The number of hydrogen-bond acceptors (Lipinski definition) is 8. The van der Waals surface area contributed by atoms with Gasteiger partial charge in [-0.2, -0.15) is 4.98 Å². The minimum absolute atomic E-state index is 0.0554. The maximum Gasteiger partial charge on any atom is 0.253 e. The van der Waals surface area contributed by atoms with Crippen LogP contribution in [0.15, 0.2) is 42.7 Å². The quantitative estimate of drug-likeness (QED) is 0.433. The zero-order valence-corrected chi connectivity index (χ0v) is 22.6. The molecule has 1 aliphatic rings. The Morgan fingerprint density at radius 2 is 1.92 bits per heavy atom. The van der Waals surface area contributed by atoms with E-state index in [1.807, 2.05) is 30.0 Å². The number of nitrogens with zero attached hydrogens (tertiary/aromatic N) is 5. The normalized spacial score (nSPS) is 13.8. The van der Waals surface area contributed by atoms with Crippen molar-refractivity contribution in [2.75, 3.05) is 41.3 Å². The number of carbonyl (C=O) groups is 1. The number of hydrogen-bond donors (Lipinski definition) is 2. The number of pyridine rings is 1. The van der Waals surface area contributed by atoms with E-state index in [0.29, 0.717) is 33.7 Å². The molecule has 0 saturated carbocycles. The van der Waals surface area contributed by atoms with Crippen LogP contribution in [0.4, 0.5) is 23.3 Å². The fraction of sp³-hybridized carbons (Fsp3) is 0.360. The Morgan fingerprint density at radius 3 is 2.62 bits per heavy atom. The molecule has 196 valence electrons. The van der Waals surface area contributed by atoms with E-state index in [0.717, 1.165) is 47.7 Å². The molecule has 1 amide bonds. The Balaban J connectivity index is 1.48. The first-order valence-corrected chi connectivity index (χ1v) is 14.2. The SMILES string of the molecule is Cc1cc(C(=O)N2CCCCC2)ccc1Nc1ncc(Cl)c(NCc2cccnc2N(C)S(C)(=O)=O)n1. The summed E-state index contributed by atoms with van der Waals surface area (Å²) in [6.45, 7) is 3.77. The molecular formula is C25H30ClN7O3S. The van der Waals surface area contributed by atoms with Gasteiger partial charge in [-0.3, -0.25) is 9.10 Å². The van der Waals surface area contributed by atoms with E-state index < -0.39 is 10.0 Å². The number of piperidine rings is 1. The van der Waals surface area contributed by atoms with Crippen LogP contribution >= 0.6 is 11.6 Å². The smallest absolute Gasteiger partial charge is 0.253 e. The van der Waals surface area contributed by atoms with Crippen molar-refractivity contribution in [3.05, 3.63) is 64.4 Å². The van der Waals surface area contributed by atoms with Crippen molar-refractivity contribution in [3.63, 3.8) is 0 Å². The highest BCUT2D eigenvalue weighted by Crippen LogP contribution is 2.26. The van der Waals surface area contributed by atoms with Gasteiger partial charge in [0.05, 0.1) is 12.5 Å². The fourth-order valence-corrected chi connectivity index (χ4v) is 4.71. The average molecular weight is 544 g/mol. The molecule has 1 fully saturated rings. The van der Waals surface area contributed by atoms with Crippen LogP contribution in [0.3, 0.4) is 0 Å². The highest BCUT2D eigenvalue weighted by atomic mass is 35.5. The van der Waals surface area contributed by atoms with Gasteiger partial charge in [0, 0.05) is 49.7 Å². The summed E-state index contributed by atoms with van der Waals surface area (Å²) in [7, 11) is -2.02. The highest BCUT2D eigenvalue weighted by Gasteiger charge is 2.19. The Bertz CT molecular complexity index is 1390. The third-order valence-corrected chi connectivity index (χ3v) is 7.66. The van der Waals surface area contributed by atoms with Crippen LogP contribution in [0, 0.1) is 6.92 Å². The summed E-state index contributed by atoms with van der Waals surface area (Å²) in [6, 6.07) is 9.04. The molecule has 4 rings (SSSR count). The van der Waals surface area contributed by atoms with Crippen LogP contribution in [-0.2, 0) is 16.6 Å². The molecule has 10 nitrogen and oxygen atoms in total. The molecule has 2 aromatic heterocycles. The molecule has 0 radical (unpaired) electrons. The monoisotopic (exact) mass is 543 g/mol. The topological polar surface area (TPSA) is 120 Å². The molecule has 2 N–H and O–H groups in total. The number of nitrogens with one attached hydrogen (secondary N) is 2. The number of carbonyl (C=O) groups excluding carboxylic acids is 1. The third kappa shape index (κ3) is 6.47. The lowest BCUT2D eigenvalue weighted by molar-refractivity contribution is 0.0724. The summed E-state index contributed by atoms with van der Waals surface area (Å²) in [4.78, 5) is 27.7. The molecule has 0 bridgehead atoms. The summed E-state index contributed by atoms with van der Waals surface area (Å²) in [6.07, 6.45) is 7.40. The Labute approximate surface area is 222 Å². The standard InChI is InChI=1S/C25H30ClN7O3S/c1-17-14-18(24(34)33-12-5-4-6-13-33)9-10-21(17)30-25-29-16-20(26)22(31-25)28-15-19-8-7-11-27-23(19)32(2)37(3,35)36/h7-11,14,16H,4-6,12-13,15H2,1-3H3,(H2,28,29,30,31). The predicted octanol–water partition coefficient (Wildman–Crippen LogP) is 4.21. The van der Waals surface area contributed by atoms with Crippen LogP contribution in [0.2, 0.25) is 5.02 Å². The summed E-state index contributed by atoms with van der Waals surface area (Å²) in [5, 5.41) is 6.64. The largest absolute Gasteiger partial charge is 0.364 e. The first kappa shape index (κ1) is 26.6. The number of benzene rings is 1. The predicted molar refractivity (Wildman–Crippen MR) is 146 cm³/mol. The lowest BCUT2D eigenvalue weighted by Gasteiger charge is -2.27. The first-order chi connectivity index (χ1) is 17.6. The molecule has 0 spiro atoms. The van der Waals surface area contributed by atoms with Crippen LogP contribution in [0.1, 0.15) is 40.7 Å². The van der Waals surface area contributed by atoms with E-state index in [2.05, 4.69) is 25.6 Å². The number of amides is 1. The van der Waals surface area contributed by atoms with Gasteiger partial charge in [-0.05, 0) is 56.0 Å².